The summed E-state index contributed by atoms with van der Waals surface area (Å²) in [5.74, 6) is 0.168. The van der Waals surface area contributed by atoms with Crippen molar-refractivity contribution in [1.82, 2.24) is 4.90 Å². The summed E-state index contributed by atoms with van der Waals surface area (Å²) in [4.78, 5) is 13.4. The molecule has 0 aliphatic heterocycles. The van der Waals surface area contributed by atoms with Crippen LogP contribution in [0.5, 0.6) is 0 Å². The lowest BCUT2D eigenvalue weighted by atomic mass is 10.0. The van der Waals surface area contributed by atoms with Crippen molar-refractivity contribution in [3.8, 4) is 0 Å². The van der Waals surface area contributed by atoms with E-state index in [1.165, 1.54) is 4.90 Å². The molecule has 0 spiro atoms. The maximum atomic E-state index is 12.0. The zero-order valence-electron chi connectivity index (χ0n) is 18.9. The number of carboxylic acid groups (broad SMARTS) is 1. The largest absolute Gasteiger partial charge is 0.465 e. The molecule has 0 radical (unpaired) electrons. The second kappa shape index (κ2) is 9.54. The predicted molar refractivity (Wildman–Crippen MR) is 128 cm³/mol. The summed E-state index contributed by atoms with van der Waals surface area (Å²) in [6.07, 6.45) is -0.987. The zero-order chi connectivity index (χ0) is 22.6. The standard InChI is InChI=1S/C24H34ClNO3Si/c1-23(2,3)26(22(27)28)19(17-25)18-29-30(24(4,5)6,20-13-9-7-10-14-20)21-15-11-8-12-16-21/h7-16,19H,17-18H2,1-6H3,(H,27,28)/t19-/m0/s1. The molecule has 0 bridgehead atoms. The third-order valence-corrected chi connectivity index (χ3v) is 10.7. The Balaban J connectivity index is 2.57. The molecule has 1 atom stereocenters. The third kappa shape index (κ3) is 5.08. The third-order valence-electron chi connectivity index (χ3n) is 5.38. The van der Waals surface area contributed by atoms with Gasteiger partial charge in [0.25, 0.3) is 8.32 Å². The molecule has 0 fully saturated rings. The molecule has 2 aromatic rings. The van der Waals surface area contributed by atoms with E-state index in [1.54, 1.807) is 0 Å². The molecule has 0 aromatic heterocycles. The average Bonchev–Trinajstić information content (AvgIpc) is 2.66. The summed E-state index contributed by atoms with van der Waals surface area (Å²) in [6, 6.07) is 20.2. The lowest BCUT2D eigenvalue weighted by Gasteiger charge is -2.45. The second-order valence-electron chi connectivity index (χ2n) is 9.61. The van der Waals surface area contributed by atoms with E-state index in [2.05, 4.69) is 45.0 Å². The van der Waals surface area contributed by atoms with Gasteiger partial charge in [0.2, 0.25) is 0 Å². The van der Waals surface area contributed by atoms with Gasteiger partial charge in [0, 0.05) is 11.4 Å². The SMILES string of the molecule is CC(C)(C)N(C(=O)O)[C@@H](CCl)CO[Si](c1ccccc1)(c1ccccc1)C(C)(C)C. The number of hydrogen-bond acceptors (Lipinski definition) is 2. The molecule has 0 saturated carbocycles. The van der Waals surface area contributed by atoms with Gasteiger partial charge in [-0.15, -0.1) is 11.6 Å². The molecule has 1 amide bonds. The lowest BCUT2D eigenvalue weighted by molar-refractivity contribution is 0.0572. The van der Waals surface area contributed by atoms with Crippen molar-refractivity contribution in [2.45, 2.75) is 58.2 Å². The molecule has 6 heteroatoms. The van der Waals surface area contributed by atoms with Crippen molar-refractivity contribution >= 4 is 36.4 Å². The summed E-state index contributed by atoms with van der Waals surface area (Å²) >= 11 is 6.28. The molecule has 164 valence electrons. The van der Waals surface area contributed by atoms with E-state index in [-0.39, 0.29) is 17.5 Å². The Morgan fingerprint density at radius 3 is 1.70 bits per heavy atom. The van der Waals surface area contributed by atoms with Crippen LogP contribution in [-0.2, 0) is 4.43 Å². The molecule has 0 aliphatic carbocycles. The molecule has 30 heavy (non-hydrogen) atoms. The minimum Gasteiger partial charge on any atom is -0.465 e. The van der Waals surface area contributed by atoms with Crippen LogP contribution in [0.3, 0.4) is 0 Å². The van der Waals surface area contributed by atoms with Crippen molar-refractivity contribution in [1.29, 1.82) is 0 Å². The number of halogens is 1. The van der Waals surface area contributed by atoms with Gasteiger partial charge in [-0.05, 0) is 36.2 Å². The molecular formula is C24H34ClNO3Si. The van der Waals surface area contributed by atoms with Crippen LogP contribution in [0.2, 0.25) is 5.04 Å². The maximum Gasteiger partial charge on any atom is 0.408 e. The number of carbonyl (C=O) groups is 1. The van der Waals surface area contributed by atoms with Crippen molar-refractivity contribution in [3.05, 3.63) is 60.7 Å². The van der Waals surface area contributed by atoms with Crippen molar-refractivity contribution in [2.24, 2.45) is 0 Å². The fourth-order valence-electron chi connectivity index (χ4n) is 4.16. The van der Waals surface area contributed by atoms with Crippen LogP contribution >= 0.6 is 11.6 Å². The number of benzene rings is 2. The Bertz CT molecular complexity index is 776. The zero-order valence-corrected chi connectivity index (χ0v) is 20.6. The van der Waals surface area contributed by atoms with E-state index in [9.17, 15) is 9.90 Å². The fourth-order valence-corrected chi connectivity index (χ4v) is 8.99. The van der Waals surface area contributed by atoms with Crippen LogP contribution in [-0.4, -0.2) is 48.5 Å². The van der Waals surface area contributed by atoms with Crippen molar-refractivity contribution < 1.29 is 14.3 Å². The second-order valence-corrected chi connectivity index (χ2v) is 14.2. The molecule has 0 heterocycles. The number of amides is 1. The Labute approximate surface area is 187 Å². The molecule has 2 rings (SSSR count). The van der Waals surface area contributed by atoms with Crippen LogP contribution in [0.1, 0.15) is 41.5 Å². The molecule has 4 nitrogen and oxygen atoms in total. The topological polar surface area (TPSA) is 49.8 Å². The Morgan fingerprint density at radius 2 is 1.40 bits per heavy atom. The summed E-state index contributed by atoms with van der Waals surface area (Å²) < 4.78 is 6.90. The minimum atomic E-state index is -2.75. The normalized spacial score (nSPS) is 13.7. The number of alkyl halides is 1. The van der Waals surface area contributed by atoms with E-state index in [1.807, 2.05) is 57.2 Å². The molecule has 1 N–H and O–H groups in total. The Hall–Kier alpha value is -1.82. The van der Waals surface area contributed by atoms with Crippen LogP contribution < -0.4 is 10.4 Å². The number of nitrogens with zero attached hydrogens (tertiary/aromatic N) is 1. The van der Waals surface area contributed by atoms with Gasteiger partial charge >= 0.3 is 6.09 Å². The van der Waals surface area contributed by atoms with E-state index in [0.717, 1.165) is 10.4 Å². The molecule has 0 unspecified atom stereocenters. The van der Waals surface area contributed by atoms with Gasteiger partial charge in [-0.3, -0.25) is 4.90 Å². The highest BCUT2D eigenvalue weighted by molar-refractivity contribution is 6.99. The minimum absolute atomic E-state index is 0.168. The first-order valence-electron chi connectivity index (χ1n) is 10.3. The van der Waals surface area contributed by atoms with Gasteiger partial charge in [0.15, 0.2) is 0 Å². The average molecular weight is 448 g/mol. The summed E-state index contributed by atoms with van der Waals surface area (Å²) in [5, 5.41) is 12.0. The van der Waals surface area contributed by atoms with Gasteiger partial charge in [0.1, 0.15) is 0 Å². The number of rotatable bonds is 7. The molecule has 0 aliphatic rings. The van der Waals surface area contributed by atoms with Crippen molar-refractivity contribution in [3.63, 3.8) is 0 Å². The molecule has 0 saturated heterocycles. The van der Waals surface area contributed by atoms with Crippen LogP contribution in [0.15, 0.2) is 60.7 Å². The van der Waals surface area contributed by atoms with E-state index in [4.69, 9.17) is 16.0 Å². The summed E-state index contributed by atoms with van der Waals surface area (Å²) in [6.45, 7) is 12.5. The molecular weight excluding hydrogens is 414 g/mol. The lowest BCUT2D eigenvalue weighted by Crippen LogP contribution is -2.68. The van der Waals surface area contributed by atoms with E-state index < -0.39 is 26.0 Å². The summed E-state index contributed by atoms with van der Waals surface area (Å²) in [7, 11) is -2.75. The van der Waals surface area contributed by atoms with E-state index >= 15 is 0 Å². The number of hydrogen-bond donors (Lipinski definition) is 1. The highest BCUT2D eigenvalue weighted by Gasteiger charge is 2.50. The highest BCUT2D eigenvalue weighted by Crippen LogP contribution is 2.37. The molecule has 2 aromatic carbocycles. The van der Waals surface area contributed by atoms with E-state index in [0.29, 0.717) is 0 Å². The Morgan fingerprint density at radius 1 is 0.967 bits per heavy atom. The highest BCUT2D eigenvalue weighted by atomic mass is 35.5. The van der Waals surface area contributed by atoms with Crippen molar-refractivity contribution in [2.75, 3.05) is 12.5 Å². The smallest absolute Gasteiger partial charge is 0.408 e. The van der Waals surface area contributed by atoms with Gasteiger partial charge in [-0.2, -0.15) is 0 Å². The first-order chi connectivity index (χ1) is 13.9. The fraction of sp³-hybridized carbons (Fsp3) is 0.458. The van der Waals surface area contributed by atoms with Crippen LogP contribution in [0.4, 0.5) is 4.79 Å². The van der Waals surface area contributed by atoms with Gasteiger partial charge < -0.3 is 9.53 Å². The maximum absolute atomic E-state index is 12.0. The van der Waals surface area contributed by atoms with Crippen LogP contribution in [0.25, 0.3) is 0 Å². The van der Waals surface area contributed by atoms with Gasteiger partial charge in [-0.1, -0.05) is 81.4 Å². The quantitative estimate of drug-likeness (QED) is 0.482. The van der Waals surface area contributed by atoms with Gasteiger partial charge in [0.05, 0.1) is 12.6 Å². The van der Waals surface area contributed by atoms with Gasteiger partial charge in [-0.25, -0.2) is 4.79 Å². The predicted octanol–water partition coefficient (Wildman–Crippen LogP) is 4.95. The summed E-state index contributed by atoms with van der Waals surface area (Å²) in [5.41, 5.74) is -0.583. The monoisotopic (exact) mass is 447 g/mol. The first kappa shape index (κ1) is 24.4. The van der Waals surface area contributed by atoms with Crippen LogP contribution in [0, 0.1) is 0 Å². The first-order valence-corrected chi connectivity index (χ1v) is 12.7. The Kier molecular flexibility index (Phi) is 7.78.